The number of hydrogen-bond acceptors (Lipinski definition) is 6. The van der Waals surface area contributed by atoms with E-state index in [1.54, 1.807) is 7.05 Å². The maximum Gasteiger partial charge on any atom is 0.322 e. The van der Waals surface area contributed by atoms with Crippen molar-refractivity contribution in [3.63, 3.8) is 0 Å². The van der Waals surface area contributed by atoms with E-state index in [-0.39, 0.29) is 12.5 Å². The predicted octanol–water partition coefficient (Wildman–Crippen LogP) is 2.03. The molecule has 24 heavy (non-hydrogen) atoms. The number of nitrogens with zero attached hydrogens (tertiary/aromatic N) is 3. The normalized spacial score (nSPS) is 33.6. The van der Waals surface area contributed by atoms with E-state index >= 15 is 0 Å². The summed E-state index contributed by atoms with van der Waals surface area (Å²) in [5.74, 6) is 0.917. The summed E-state index contributed by atoms with van der Waals surface area (Å²) in [5, 5.41) is 3.97. The van der Waals surface area contributed by atoms with Crippen molar-refractivity contribution in [2.75, 3.05) is 7.05 Å². The van der Waals surface area contributed by atoms with Crippen LogP contribution in [0, 0.1) is 10.8 Å². The van der Waals surface area contributed by atoms with Crippen molar-refractivity contribution in [3.8, 4) is 0 Å². The molecule has 3 aliphatic rings. The highest BCUT2D eigenvalue weighted by molar-refractivity contribution is 6.06. The molecular formula is C17H23N3O4. The maximum atomic E-state index is 13.2. The first-order valence-electron chi connectivity index (χ1n) is 8.53. The SMILES string of the molecule is CN(Cc1nc(C2CC2)no1)C(=O)[C@@]12CC[C@@](C)(OC1=O)C2(C)C. The minimum absolute atomic E-state index is 0.209. The van der Waals surface area contributed by atoms with Gasteiger partial charge >= 0.3 is 5.97 Å². The van der Waals surface area contributed by atoms with Crippen LogP contribution in [-0.4, -0.2) is 39.6 Å². The largest absolute Gasteiger partial charge is 0.458 e. The molecule has 1 aromatic heterocycles. The fourth-order valence-electron chi connectivity index (χ4n) is 4.23. The molecule has 1 amide bonds. The van der Waals surface area contributed by atoms with Gasteiger partial charge in [-0.25, -0.2) is 0 Å². The smallest absolute Gasteiger partial charge is 0.322 e. The Morgan fingerprint density at radius 2 is 2.00 bits per heavy atom. The highest BCUT2D eigenvalue weighted by atomic mass is 16.6. The topological polar surface area (TPSA) is 85.5 Å². The monoisotopic (exact) mass is 333 g/mol. The van der Waals surface area contributed by atoms with Crippen molar-refractivity contribution < 1.29 is 18.8 Å². The van der Waals surface area contributed by atoms with Gasteiger partial charge in [-0.05, 0) is 32.6 Å². The second-order valence-electron chi connectivity index (χ2n) is 8.13. The number of carbonyl (C=O) groups excluding carboxylic acids is 2. The highest BCUT2D eigenvalue weighted by Gasteiger charge is 2.76. The minimum Gasteiger partial charge on any atom is -0.458 e. The fraction of sp³-hybridized carbons (Fsp3) is 0.765. The number of rotatable bonds is 4. The average Bonchev–Trinajstić information content (AvgIpc) is 3.19. The molecule has 1 aromatic rings. The lowest BCUT2D eigenvalue weighted by molar-refractivity contribution is -0.165. The summed E-state index contributed by atoms with van der Waals surface area (Å²) in [4.78, 5) is 31.6. The first kappa shape index (κ1) is 15.6. The highest BCUT2D eigenvalue weighted by Crippen LogP contribution is 2.66. The molecule has 0 unspecified atom stereocenters. The van der Waals surface area contributed by atoms with Gasteiger partial charge in [-0.1, -0.05) is 19.0 Å². The van der Waals surface area contributed by atoms with Crippen molar-refractivity contribution in [2.45, 2.75) is 64.5 Å². The van der Waals surface area contributed by atoms with Gasteiger partial charge < -0.3 is 14.2 Å². The summed E-state index contributed by atoms with van der Waals surface area (Å²) in [6, 6.07) is 0. The van der Waals surface area contributed by atoms with Crippen LogP contribution in [0.2, 0.25) is 0 Å². The molecule has 0 aromatic carbocycles. The Bertz CT molecular complexity index is 723. The quantitative estimate of drug-likeness (QED) is 0.619. The van der Waals surface area contributed by atoms with Crippen LogP contribution in [0.1, 0.15) is 64.1 Å². The van der Waals surface area contributed by atoms with E-state index in [2.05, 4.69) is 10.1 Å². The molecule has 0 spiro atoms. The zero-order chi connectivity index (χ0) is 17.3. The van der Waals surface area contributed by atoms with Gasteiger partial charge in [0.2, 0.25) is 11.8 Å². The summed E-state index contributed by atoms with van der Waals surface area (Å²) < 4.78 is 10.8. The Hall–Kier alpha value is -1.92. The first-order chi connectivity index (χ1) is 11.2. The third-order valence-corrected chi connectivity index (χ3v) is 6.54. The number of amides is 1. The summed E-state index contributed by atoms with van der Waals surface area (Å²) in [6.07, 6.45) is 3.41. The minimum atomic E-state index is -1.12. The molecule has 2 aliphatic carbocycles. The van der Waals surface area contributed by atoms with E-state index in [9.17, 15) is 9.59 Å². The van der Waals surface area contributed by atoms with E-state index in [0.717, 1.165) is 18.7 Å². The summed E-state index contributed by atoms with van der Waals surface area (Å²) in [5.41, 5.74) is -2.24. The Labute approximate surface area is 140 Å². The lowest BCUT2D eigenvalue weighted by Gasteiger charge is -2.36. The Balaban J connectivity index is 1.57. The van der Waals surface area contributed by atoms with E-state index in [1.807, 2.05) is 20.8 Å². The molecule has 3 fully saturated rings. The molecular weight excluding hydrogens is 310 g/mol. The predicted molar refractivity (Wildman–Crippen MR) is 82.7 cm³/mol. The first-order valence-corrected chi connectivity index (χ1v) is 8.53. The summed E-state index contributed by atoms with van der Waals surface area (Å²) in [7, 11) is 1.68. The average molecular weight is 333 g/mol. The Morgan fingerprint density at radius 1 is 1.29 bits per heavy atom. The van der Waals surface area contributed by atoms with Crippen LogP contribution in [-0.2, 0) is 20.9 Å². The molecule has 2 atom stereocenters. The van der Waals surface area contributed by atoms with Crippen LogP contribution in [0.3, 0.4) is 0 Å². The number of aromatic nitrogens is 2. The summed E-state index contributed by atoms with van der Waals surface area (Å²) in [6.45, 7) is 6.04. The van der Waals surface area contributed by atoms with Gasteiger partial charge in [-0.2, -0.15) is 4.98 Å². The molecule has 2 saturated carbocycles. The van der Waals surface area contributed by atoms with Crippen molar-refractivity contribution in [1.29, 1.82) is 0 Å². The van der Waals surface area contributed by atoms with Crippen LogP contribution < -0.4 is 0 Å². The summed E-state index contributed by atoms with van der Waals surface area (Å²) >= 11 is 0. The van der Waals surface area contributed by atoms with Gasteiger partial charge in [0.05, 0.1) is 6.54 Å². The van der Waals surface area contributed by atoms with Crippen molar-refractivity contribution in [3.05, 3.63) is 11.7 Å². The zero-order valence-corrected chi connectivity index (χ0v) is 14.6. The molecule has 1 aliphatic heterocycles. The lowest BCUT2D eigenvalue weighted by Crippen LogP contribution is -2.51. The van der Waals surface area contributed by atoms with E-state index < -0.39 is 22.4 Å². The van der Waals surface area contributed by atoms with Gasteiger partial charge in [0.25, 0.3) is 0 Å². The molecule has 2 heterocycles. The third kappa shape index (κ3) is 1.78. The number of hydrogen-bond donors (Lipinski definition) is 0. The van der Waals surface area contributed by atoms with Crippen LogP contribution >= 0.6 is 0 Å². The van der Waals surface area contributed by atoms with Crippen molar-refractivity contribution in [1.82, 2.24) is 15.0 Å². The van der Waals surface area contributed by atoms with Crippen molar-refractivity contribution >= 4 is 11.9 Å². The number of carbonyl (C=O) groups is 2. The number of esters is 1. The Morgan fingerprint density at radius 3 is 2.54 bits per heavy atom. The number of ether oxygens (including phenoxy) is 1. The van der Waals surface area contributed by atoms with Crippen LogP contribution in [0.5, 0.6) is 0 Å². The molecule has 4 rings (SSSR count). The molecule has 0 N–H and O–H groups in total. The van der Waals surface area contributed by atoms with Crippen LogP contribution in [0.4, 0.5) is 0 Å². The zero-order valence-electron chi connectivity index (χ0n) is 14.6. The molecule has 7 nitrogen and oxygen atoms in total. The standard InChI is InChI=1S/C17H23N3O4/c1-15(2)16(3)7-8-17(15,14(22)23-16)13(21)20(4)9-11-18-12(19-24-11)10-5-6-10/h10H,5-9H2,1-4H3/t16-,17+/m1/s1. The molecule has 1 saturated heterocycles. The fourth-order valence-corrected chi connectivity index (χ4v) is 4.23. The Kier molecular flexibility index (Phi) is 2.98. The van der Waals surface area contributed by atoms with Crippen molar-refractivity contribution in [2.24, 2.45) is 10.8 Å². The second-order valence-corrected chi connectivity index (χ2v) is 8.13. The molecule has 130 valence electrons. The maximum absolute atomic E-state index is 13.2. The van der Waals surface area contributed by atoms with E-state index in [0.29, 0.717) is 24.7 Å². The van der Waals surface area contributed by atoms with Gasteiger partial charge in [0, 0.05) is 18.4 Å². The van der Waals surface area contributed by atoms with E-state index in [4.69, 9.17) is 9.26 Å². The van der Waals surface area contributed by atoms with Gasteiger partial charge in [0.1, 0.15) is 5.60 Å². The lowest BCUT2D eigenvalue weighted by atomic mass is 9.65. The van der Waals surface area contributed by atoms with Crippen LogP contribution in [0.25, 0.3) is 0 Å². The molecule has 7 heteroatoms. The van der Waals surface area contributed by atoms with E-state index in [1.165, 1.54) is 4.90 Å². The number of fused-ring (bicyclic) bond motifs is 2. The van der Waals surface area contributed by atoms with Crippen LogP contribution in [0.15, 0.2) is 4.52 Å². The second kappa shape index (κ2) is 4.58. The van der Waals surface area contributed by atoms with Gasteiger partial charge in [0.15, 0.2) is 11.2 Å². The third-order valence-electron chi connectivity index (χ3n) is 6.54. The molecule has 2 bridgehead atoms. The van der Waals surface area contributed by atoms with Gasteiger partial charge in [-0.3, -0.25) is 9.59 Å². The molecule has 0 radical (unpaired) electrons. The van der Waals surface area contributed by atoms with Gasteiger partial charge in [-0.15, -0.1) is 0 Å².